The van der Waals surface area contributed by atoms with E-state index < -0.39 is 0 Å². The van der Waals surface area contributed by atoms with Crippen molar-refractivity contribution in [3.05, 3.63) is 10.6 Å². The molecule has 18 heavy (non-hydrogen) atoms. The Kier molecular flexibility index (Phi) is 5.01. The molecule has 0 spiro atoms. The van der Waals surface area contributed by atoms with Crippen molar-refractivity contribution < 1.29 is 0 Å². The standard InChI is InChI=1S/C14H25N3S/c1-4-7-15-9-13-12(3)16-14(18-13)17-8-5-6-11(2)10-17/h11,15H,4-10H2,1-3H3. The van der Waals surface area contributed by atoms with Crippen LogP contribution in [0.4, 0.5) is 5.13 Å². The molecule has 102 valence electrons. The number of hydrogen-bond donors (Lipinski definition) is 1. The molecule has 0 radical (unpaired) electrons. The first-order chi connectivity index (χ1) is 8.70. The van der Waals surface area contributed by atoms with Gasteiger partial charge in [0.25, 0.3) is 0 Å². The molecule has 1 N–H and O–H groups in total. The van der Waals surface area contributed by atoms with Crippen molar-refractivity contribution in [3.63, 3.8) is 0 Å². The maximum absolute atomic E-state index is 4.75. The SMILES string of the molecule is CCCNCc1sc(N2CCCC(C)C2)nc1C. The van der Waals surface area contributed by atoms with Crippen molar-refractivity contribution in [1.82, 2.24) is 10.3 Å². The van der Waals surface area contributed by atoms with Crippen LogP contribution < -0.4 is 10.2 Å². The van der Waals surface area contributed by atoms with Gasteiger partial charge in [-0.2, -0.15) is 0 Å². The summed E-state index contributed by atoms with van der Waals surface area (Å²) in [7, 11) is 0. The second-order valence-corrected chi connectivity index (χ2v) is 6.44. The van der Waals surface area contributed by atoms with Gasteiger partial charge in [0.1, 0.15) is 0 Å². The minimum absolute atomic E-state index is 0.810. The Morgan fingerprint density at radius 1 is 1.50 bits per heavy atom. The van der Waals surface area contributed by atoms with E-state index in [9.17, 15) is 0 Å². The first-order valence-electron chi connectivity index (χ1n) is 7.12. The quantitative estimate of drug-likeness (QED) is 0.831. The fraction of sp³-hybridized carbons (Fsp3) is 0.786. The molecule has 0 bridgehead atoms. The van der Waals surface area contributed by atoms with E-state index in [4.69, 9.17) is 4.98 Å². The van der Waals surface area contributed by atoms with E-state index in [1.54, 1.807) is 0 Å². The molecule has 0 aromatic carbocycles. The first-order valence-corrected chi connectivity index (χ1v) is 7.94. The van der Waals surface area contributed by atoms with Gasteiger partial charge in [-0.15, -0.1) is 11.3 Å². The highest BCUT2D eigenvalue weighted by Gasteiger charge is 2.20. The molecular weight excluding hydrogens is 242 g/mol. The predicted octanol–water partition coefficient (Wildman–Crippen LogP) is 3.19. The van der Waals surface area contributed by atoms with Crippen LogP contribution in [0, 0.1) is 12.8 Å². The number of aromatic nitrogens is 1. The maximum Gasteiger partial charge on any atom is 0.185 e. The molecule has 2 rings (SSSR count). The lowest BCUT2D eigenvalue weighted by Gasteiger charge is -2.30. The Morgan fingerprint density at radius 3 is 3.06 bits per heavy atom. The smallest absolute Gasteiger partial charge is 0.185 e. The lowest BCUT2D eigenvalue weighted by molar-refractivity contribution is 0.446. The number of rotatable bonds is 5. The number of nitrogens with one attached hydrogen (secondary N) is 1. The molecule has 1 saturated heterocycles. The Bertz CT molecular complexity index is 375. The molecule has 0 aliphatic carbocycles. The fourth-order valence-corrected chi connectivity index (χ4v) is 3.52. The first kappa shape index (κ1) is 13.8. The molecule has 0 amide bonds. The summed E-state index contributed by atoms with van der Waals surface area (Å²) in [6.07, 6.45) is 3.86. The Hall–Kier alpha value is -0.610. The van der Waals surface area contributed by atoms with Crippen molar-refractivity contribution >= 4 is 16.5 Å². The number of aryl methyl sites for hydroxylation is 1. The molecule has 1 aromatic rings. The zero-order chi connectivity index (χ0) is 13.0. The number of thiazole rings is 1. The lowest BCUT2D eigenvalue weighted by atomic mass is 10.0. The molecule has 1 aliphatic rings. The summed E-state index contributed by atoms with van der Waals surface area (Å²) in [5, 5.41) is 4.70. The topological polar surface area (TPSA) is 28.2 Å². The van der Waals surface area contributed by atoms with Crippen molar-refractivity contribution in [2.75, 3.05) is 24.5 Å². The minimum atomic E-state index is 0.810. The third-order valence-corrected chi connectivity index (χ3v) is 4.74. The van der Waals surface area contributed by atoms with Gasteiger partial charge in [0, 0.05) is 24.5 Å². The molecular formula is C14H25N3S. The largest absolute Gasteiger partial charge is 0.348 e. The maximum atomic E-state index is 4.75. The lowest BCUT2D eigenvalue weighted by Crippen LogP contribution is -2.34. The van der Waals surface area contributed by atoms with Crippen molar-refractivity contribution in [1.29, 1.82) is 0 Å². The minimum Gasteiger partial charge on any atom is -0.348 e. The molecule has 4 heteroatoms. The summed E-state index contributed by atoms with van der Waals surface area (Å²) in [6, 6.07) is 0. The predicted molar refractivity (Wildman–Crippen MR) is 79.5 cm³/mol. The van der Waals surface area contributed by atoms with E-state index in [0.717, 1.165) is 19.0 Å². The zero-order valence-corrected chi connectivity index (χ0v) is 12.6. The van der Waals surface area contributed by atoms with Gasteiger partial charge >= 0.3 is 0 Å². The van der Waals surface area contributed by atoms with Gasteiger partial charge in [0.15, 0.2) is 5.13 Å². The van der Waals surface area contributed by atoms with Crippen LogP contribution in [0.15, 0.2) is 0 Å². The van der Waals surface area contributed by atoms with E-state index in [-0.39, 0.29) is 0 Å². The van der Waals surface area contributed by atoms with Crippen molar-refractivity contribution in [2.45, 2.75) is 46.6 Å². The summed E-state index contributed by atoms with van der Waals surface area (Å²) in [6.45, 7) is 11.1. The average Bonchev–Trinajstić information content (AvgIpc) is 2.72. The van der Waals surface area contributed by atoms with Crippen LogP contribution >= 0.6 is 11.3 Å². The highest BCUT2D eigenvalue weighted by molar-refractivity contribution is 7.15. The summed E-state index contributed by atoms with van der Waals surface area (Å²) in [4.78, 5) is 8.62. The summed E-state index contributed by atoms with van der Waals surface area (Å²) < 4.78 is 0. The van der Waals surface area contributed by atoms with Crippen LogP contribution in [0.2, 0.25) is 0 Å². The second-order valence-electron chi connectivity index (χ2n) is 5.38. The van der Waals surface area contributed by atoms with Crippen molar-refractivity contribution in [2.24, 2.45) is 5.92 Å². The fourth-order valence-electron chi connectivity index (χ4n) is 2.45. The number of hydrogen-bond acceptors (Lipinski definition) is 4. The second kappa shape index (κ2) is 6.53. The average molecular weight is 267 g/mol. The molecule has 2 heterocycles. The number of nitrogens with zero attached hydrogens (tertiary/aromatic N) is 2. The third-order valence-electron chi connectivity index (χ3n) is 3.52. The van der Waals surface area contributed by atoms with Gasteiger partial charge in [0.2, 0.25) is 0 Å². The number of anilines is 1. The Morgan fingerprint density at radius 2 is 2.33 bits per heavy atom. The molecule has 3 nitrogen and oxygen atoms in total. The van der Waals surface area contributed by atoms with E-state index in [2.05, 4.69) is 31.0 Å². The number of piperidine rings is 1. The van der Waals surface area contributed by atoms with Crippen molar-refractivity contribution in [3.8, 4) is 0 Å². The van der Waals surface area contributed by atoms with Gasteiger partial charge in [0.05, 0.1) is 5.69 Å². The molecule has 1 aromatic heterocycles. The molecule has 1 fully saturated rings. The third kappa shape index (κ3) is 3.45. The molecule has 1 aliphatic heterocycles. The zero-order valence-electron chi connectivity index (χ0n) is 11.8. The van der Waals surface area contributed by atoms with Crippen LogP contribution in [0.5, 0.6) is 0 Å². The van der Waals surface area contributed by atoms with Gasteiger partial charge in [-0.3, -0.25) is 0 Å². The van der Waals surface area contributed by atoms with Gasteiger partial charge in [-0.05, 0) is 38.6 Å². The Balaban J connectivity index is 1.98. The molecule has 1 unspecified atom stereocenters. The highest BCUT2D eigenvalue weighted by atomic mass is 32.1. The summed E-state index contributed by atoms with van der Waals surface area (Å²) >= 11 is 1.87. The molecule has 0 saturated carbocycles. The highest BCUT2D eigenvalue weighted by Crippen LogP contribution is 2.29. The van der Waals surface area contributed by atoms with E-state index >= 15 is 0 Å². The van der Waals surface area contributed by atoms with E-state index in [0.29, 0.717) is 0 Å². The van der Waals surface area contributed by atoms with Crippen LogP contribution in [-0.4, -0.2) is 24.6 Å². The van der Waals surface area contributed by atoms with Gasteiger partial charge in [-0.25, -0.2) is 4.98 Å². The summed E-state index contributed by atoms with van der Waals surface area (Å²) in [5.74, 6) is 0.810. The van der Waals surface area contributed by atoms with Gasteiger partial charge < -0.3 is 10.2 Å². The van der Waals surface area contributed by atoms with E-state index in [1.807, 2.05) is 11.3 Å². The molecule has 1 atom stereocenters. The van der Waals surface area contributed by atoms with Crippen LogP contribution in [0.25, 0.3) is 0 Å². The van der Waals surface area contributed by atoms with Gasteiger partial charge in [-0.1, -0.05) is 13.8 Å². The van der Waals surface area contributed by atoms with Crippen LogP contribution in [0.3, 0.4) is 0 Å². The Labute approximate surface area is 115 Å². The van der Waals surface area contributed by atoms with E-state index in [1.165, 1.54) is 48.1 Å². The summed E-state index contributed by atoms with van der Waals surface area (Å²) in [5.41, 5.74) is 1.21. The van der Waals surface area contributed by atoms with Crippen LogP contribution in [-0.2, 0) is 6.54 Å². The van der Waals surface area contributed by atoms with Crippen LogP contribution in [0.1, 0.15) is 43.7 Å². The monoisotopic (exact) mass is 267 g/mol. The normalized spacial score (nSPS) is 20.4.